The summed E-state index contributed by atoms with van der Waals surface area (Å²) >= 11 is 3.53. The van der Waals surface area contributed by atoms with Crippen LogP contribution in [0.5, 0.6) is 0 Å². The van der Waals surface area contributed by atoms with E-state index < -0.39 is 4.92 Å². The minimum absolute atomic E-state index is 0.0751. The van der Waals surface area contributed by atoms with Crippen molar-refractivity contribution in [3.05, 3.63) is 74.6 Å². The average molecular weight is 401 g/mol. The van der Waals surface area contributed by atoms with E-state index in [0.29, 0.717) is 11.6 Å². The zero-order chi connectivity index (χ0) is 17.8. The van der Waals surface area contributed by atoms with Crippen molar-refractivity contribution in [2.45, 2.75) is 6.92 Å². The minimum Gasteiger partial charge on any atom is -0.455 e. The maximum Gasteiger partial charge on any atom is 0.287 e. The first-order valence-electron chi connectivity index (χ1n) is 7.29. The molecule has 0 aliphatic rings. The van der Waals surface area contributed by atoms with Crippen LogP contribution in [0.3, 0.4) is 0 Å². The topological polar surface area (TPSA) is 93.6 Å². The molecular weight excluding hydrogens is 388 g/mol. The Morgan fingerprint density at radius 1 is 1.28 bits per heavy atom. The van der Waals surface area contributed by atoms with Crippen molar-refractivity contribution < 1.29 is 9.34 Å². The summed E-state index contributed by atoms with van der Waals surface area (Å²) < 4.78 is 6.71. The number of hydrazone groups is 1. The highest BCUT2D eigenvalue weighted by atomic mass is 79.9. The van der Waals surface area contributed by atoms with E-state index in [1.807, 2.05) is 31.2 Å². The molecule has 0 saturated heterocycles. The fourth-order valence-electron chi connectivity index (χ4n) is 2.11. The number of nitrogens with one attached hydrogen (secondary N) is 1. The van der Waals surface area contributed by atoms with Crippen LogP contribution < -0.4 is 5.43 Å². The number of hydrogen-bond donors (Lipinski definition) is 1. The van der Waals surface area contributed by atoms with Gasteiger partial charge in [-0.25, -0.2) is 4.98 Å². The van der Waals surface area contributed by atoms with Crippen molar-refractivity contribution in [3.8, 4) is 11.3 Å². The number of hydrogen-bond acceptors (Lipinski definition) is 6. The highest BCUT2D eigenvalue weighted by Gasteiger charge is 2.08. The van der Waals surface area contributed by atoms with Crippen molar-refractivity contribution in [2.24, 2.45) is 5.10 Å². The van der Waals surface area contributed by atoms with Crippen LogP contribution in [0.2, 0.25) is 0 Å². The lowest BCUT2D eigenvalue weighted by atomic mass is 10.1. The van der Waals surface area contributed by atoms with E-state index in [1.54, 1.807) is 6.07 Å². The van der Waals surface area contributed by atoms with Crippen molar-refractivity contribution in [2.75, 3.05) is 5.43 Å². The molecule has 0 radical (unpaired) electrons. The molecule has 25 heavy (non-hydrogen) atoms. The Bertz CT molecular complexity index is 935. The van der Waals surface area contributed by atoms with E-state index in [2.05, 4.69) is 31.4 Å². The molecule has 2 aromatic heterocycles. The molecule has 7 nitrogen and oxygen atoms in total. The lowest BCUT2D eigenvalue weighted by Gasteiger charge is -2.02. The maximum absolute atomic E-state index is 10.6. The number of halogens is 1. The molecule has 8 heteroatoms. The molecule has 0 aliphatic heterocycles. The van der Waals surface area contributed by atoms with Crippen LogP contribution in [0.25, 0.3) is 11.3 Å². The largest absolute Gasteiger partial charge is 0.455 e. The van der Waals surface area contributed by atoms with Crippen molar-refractivity contribution in [1.29, 1.82) is 0 Å². The number of furan rings is 1. The second-order valence-electron chi connectivity index (χ2n) is 5.21. The summed E-state index contributed by atoms with van der Waals surface area (Å²) in [5, 5.41) is 14.6. The molecule has 3 aromatic rings. The minimum atomic E-state index is -0.506. The van der Waals surface area contributed by atoms with E-state index in [4.69, 9.17) is 4.42 Å². The normalized spacial score (nSPS) is 11.0. The van der Waals surface area contributed by atoms with Gasteiger partial charge in [-0.15, -0.1) is 0 Å². The number of aromatic nitrogens is 1. The van der Waals surface area contributed by atoms with Gasteiger partial charge in [0.25, 0.3) is 5.69 Å². The molecule has 1 aromatic carbocycles. The van der Waals surface area contributed by atoms with Crippen LogP contribution in [0.4, 0.5) is 11.5 Å². The van der Waals surface area contributed by atoms with Gasteiger partial charge in [0, 0.05) is 16.1 Å². The third kappa shape index (κ3) is 4.10. The Labute approximate surface area is 151 Å². The van der Waals surface area contributed by atoms with Gasteiger partial charge in [-0.1, -0.05) is 22.0 Å². The van der Waals surface area contributed by atoms with E-state index in [9.17, 15) is 10.1 Å². The number of anilines is 1. The molecule has 0 aliphatic carbocycles. The number of rotatable bonds is 5. The van der Waals surface area contributed by atoms with Gasteiger partial charge in [0.05, 0.1) is 11.1 Å². The van der Waals surface area contributed by atoms with Gasteiger partial charge in [-0.05, 0) is 42.8 Å². The third-order valence-electron chi connectivity index (χ3n) is 3.35. The molecule has 0 bridgehead atoms. The lowest BCUT2D eigenvalue weighted by Crippen LogP contribution is -1.94. The molecule has 2 heterocycles. The van der Waals surface area contributed by atoms with Crippen molar-refractivity contribution >= 4 is 33.6 Å². The Hall–Kier alpha value is -3.00. The first-order chi connectivity index (χ1) is 12.0. The zero-order valence-corrected chi connectivity index (χ0v) is 14.7. The summed E-state index contributed by atoms with van der Waals surface area (Å²) in [4.78, 5) is 14.0. The van der Waals surface area contributed by atoms with Crippen LogP contribution in [0.15, 0.2) is 62.7 Å². The molecule has 0 unspecified atom stereocenters. The molecular formula is C17H13BrN4O3. The smallest absolute Gasteiger partial charge is 0.287 e. The Morgan fingerprint density at radius 3 is 2.80 bits per heavy atom. The number of aryl methyl sites for hydroxylation is 1. The van der Waals surface area contributed by atoms with E-state index in [-0.39, 0.29) is 5.69 Å². The van der Waals surface area contributed by atoms with Gasteiger partial charge >= 0.3 is 0 Å². The number of nitrogens with zero attached hydrogens (tertiary/aromatic N) is 3. The lowest BCUT2D eigenvalue weighted by molar-refractivity contribution is -0.385. The Morgan fingerprint density at radius 2 is 2.12 bits per heavy atom. The third-order valence-corrected chi connectivity index (χ3v) is 4.00. The predicted molar refractivity (Wildman–Crippen MR) is 98.7 cm³/mol. The summed E-state index contributed by atoms with van der Waals surface area (Å²) in [6, 6.07) is 12.5. The summed E-state index contributed by atoms with van der Waals surface area (Å²) in [6.07, 6.45) is 2.67. The van der Waals surface area contributed by atoms with Gasteiger partial charge in [0.15, 0.2) is 0 Å². The summed E-state index contributed by atoms with van der Waals surface area (Å²) in [5.41, 5.74) is 4.73. The molecule has 0 spiro atoms. The van der Waals surface area contributed by atoms with Crippen molar-refractivity contribution in [3.63, 3.8) is 0 Å². The van der Waals surface area contributed by atoms with E-state index >= 15 is 0 Å². The van der Waals surface area contributed by atoms with Gasteiger partial charge < -0.3 is 4.42 Å². The summed E-state index contributed by atoms with van der Waals surface area (Å²) in [5.74, 6) is 1.69. The maximum atomic E-state index is 10.6. The Balaban J connectivity index is 1.68. The molecule has 126 valence electrons. The Kier molecular flexibility index (Phi) is 4.90. The van der Waals surface area contributed by atoms with E-state index in [0.717, 1.165) is 27.6 Å². The van der Waals surface area contributed by atoms with Crippen LogP contribution in [0.1, 0.15) is 11.3 Å². The van der Waals surface area contributed by atoms with Gasteiger partial charge in [-0.3, -0.25) is 15.5 Å². The standard InChI is InChI=1S/C17H13BrN4O3/c1-11-2-5-14(15(18)8-11)16-6-4-13(25-16)10-20-21-17-7-3-12(9-19-17)22(23)24/h2-10H,1H3,(H,19,21)/b20-10+. The highest BCUT2D eigenvalue weighted by molar-refractivity contribution is 9.10. The number of pyridine rings is 1. The SMILES string of the molecule is Cc1ccc(-c2ccc(/C=N/Nc3ccc([N+](=O)[O-])cn3)o2)c(Br)c1. The molecule has 0 atom stereocenters. The van der Waals surface area contributed by atoms with Gasteiger partial charge in [0.2, 0.25) is 0 Å². The predicted octanol–water partition coefficient (Wildman–Crippen LogP) is 4.77. The van der Waals surface area contributed by atoms with Gasteiger partial charge in [-0.2, -0.15) is 5.10 Å². The van der Waals surface area contributed by atoms with Crippen molar-refractivity contribution in [1.82, 2.24) is 4.98 Å². The summed E-state index contributed by atoms with van der Waals surface area (Å²) in [6.45, 7) is 2.02. The first-order valence-corrected chi connectivity index (χ1v) is 8.08. The molecule has 0 amide bonds. The molecule has 0 fully saturated rings. The van der Waals surface area contributed by atoms with Crippen LogP contribution in [0, 0.1) is 17.0 Å². The average Bonchev–Trinajstić information content (AvgIpc) is 3.04. The van der Waals surface area contributed by atoms with E-state index in [1.165, 1.54) is 18.3 Å². The first kappa shape index (κ1) is 16.8. The van der Waals surface area contributed by atoms with Gasteiger partial charge in [0.1, 0.15) is 23.5 Å². The summed E-state index contributed by atoms with van der Waals surface area (Å²) in [7, 11) is 0. The molecule has 0 saturated carbocycles. The second-order valence-corrected chi connectivity index (χ2v) is 6.07. The van der Waals surface area contributed by atoms with Crippen LogP contribution >= 0.6 is 15.9 Å². The number of benzene rings is 1. The monoisotopic (exact) mass is 400 g/mol. The second kappa shape index (κ2) is 7.27. The quantitative estimate of drug-likeness (QED) is 0.378. The highest BCUT2D eigenvalue weighted by Crippen LogP contribution is 2.30. The fourth-order valence-corrected chi connectivity index (χ4v) is 2.80. The van der Waals surface area contributed by atoms with Crippen LogP contribution in [-0.2, 0) is 0 Å². The number of nitro groups is 1. The fraction of sp³-hybridized carbons (Fsp3) is 0.0588. The zero-order valence-electron chi connectivity index (χ0n) is 13.1. The molecule has 3 rings (SSSR count). The van der Waals surface area contributed by atoms with Crippen LogP contribution in [-0.4, -0.2) is 16.1 Å². The molecule has 1 N–H and O–H groups in total.